The molecule has 1 aromatic rings. The number of nitro groups is 1. The van der Waals surface area contributed by atoms with Crippen molar-refractivity contribution in [3.63, 3.8) is 0 Å². The minimum Gasteiger partial charge on any atom is -0.480 e. The summed E-state index contributed by atoms with van der Waals surface area (Å²) in [5.41, 5.74) is 0.147. The van der Waals surface area contributed by atoms with Crippen LogP contribution in [0.15, 0.2) is 24.3 Å². The topological polar surface area (TPSA) is 130 Å². The maximum Gasteiger partial charge on any atom is 0.318 e. The molecule has 0 bridgehead atoms. The number of hydrogen-bond donors (Lipinski definition) is 1. The molecule has 0 aliphatic carbocycles. The van der Waals surface area contributed by atoms with E-state index in [-0.39, 0.29) is 38.5 Å². The minimum atomic E-state index is -4.01. The first-order chi connectivity index (χ1) is 11.3. The molecule has 1 fully saturated rings. The molecular weight excluding hydrogens is 342 g/mol. The molecule has 24 heavy (non-hydrogen) atoms. The number of carboxylic acids is 1. The number of carboxylic acid groups (broad SMARTS) is 1. The van der Waals surface area contributed by atoms with Crippen LogP contribution < -0.4 is 0 Å². The van der Waals surface area contributed by atoms with Crippen molar-refractivity contribution < 1.29 is 28.0 Å². The van der Waals surface area contributed by atoms with Gasteiger partial charge in [0.1, 0.15) is 6.54 Å². The number of carbonyl (C=O) groups is 1. The number of aliphatic carboxylic acids is 1. The second kappa shape index (κ2) is 7.66. The van der Waals surface area contributed by atoms with E-state index in [0.29, 0.717) is 5.56 Å². The Hall–Kier alpha value is -2.08. The quantitative estimate of drug-likeness (QED) is 0.538. The number of non-ortho nitro benzene ring substituents is 1. The van der Waals surface area contributed by atoms with Gasteiger partial charge >= 0.3 is 5.97 Å². The fraction of sp³-hybridized carbons (Fsp3) is 0.462. The third kappa shape index (κ3) is 4.47. The van der Waals surface area contributed by atoms with Crippen LogP contribution in [0.5, 0.6) is 0 Å². The van der Waals surface area contributed by atoms with Gasteiger partial charge in [-0.25, -0.2) is 0 Å². The molecule has 1 saturated heterocycles. The van der Waals surface area contributed by atoms with Crippen LogP contribution in [-0.4, -0.2) is 65.9 Å². The summed E-state index contributed by atoms with van der Waals surface area (Å²) in [5, 5.41) is 19.8. The van der Waals surface area contributed by atoms with Crippen molar-refractivity contribution in [1.82, 2.24) is 8.61 Å². The zero-order valence-corrected chi connectivity index (χ0v) is 13.5. The first-order valence-electron chi connectivity index (χ1n) is 7.09. The lowest BCUT2D eigenvalue weighted by Crippen LogP contribution is -2.49. The van der Waals surface area contributed by atoms with Gasteiger partial charge in [0, 0.05) is 31.8 Å². The number of nitro benzene ring substituents is 1. The van der Waals surface area contributed by atoms with Gasteiger partial charge < -0.3 is 9.84 Å². The van der Waals surface area contributed by atoms with E-state index in [9.17, 15) is 23.3 Å². The Morgan fingerprint density at radius 1 is 1.38 bits per heavy atom. The van der Waals surface area contributed by atoms with Crippen molar-refractivity contribution in [1.29, 1.82) is 0 Å². The summed E-state index contributed by atoms with van der Waals surface area (Å²) in [6, 6.07) is 5.44. The largest absolute Gasteiger partial charge is 0.480 e. The summed E-state index contributed by atoms with van der Waals surface area (Å²) in [5.74, 6) is -1.31. The number of ether oxygens (including phenoxy) is 1. The highest BCUT2D eigenvalue weighted by Crippen LogP contribution is 2.18. The molecule has 1 heterocycles. The molecule has 0 spiro atoms. The van der Waals surface area contributed by atoms with E-state index in [1.807, 2.05) is 0 Å². The smallest absolute Gasteiger partial charge is 0.318 e. The molecular formula is C13H17N3O7S. The molecule has 0 atom stereocenters. The maximum absolute atomic E-state index is 12.6. The Bertz CT molecular complexity index is 716. The van der Waals surface area contributed by atoms with E-state index in [2.05, 4.69) is 0 Å². The van der Waals surface area contributed by atoms with Crippen molar-refractivity contribution in [2.75, 3.05) is 32.8 Å². The third-order valence-electron chi connectivity index (χ3n) is 3.41. The summed E-state index contributed by atoms with van der Waals surface area (Å²) in [4.78, 5) is 21.3. The van der Waals surface area contributed by atoms with Crippen molar-refractivity contribution >= 4 is 21.9 Å². The number of rotatable bonds is 7. The molecule has 2 rings (SSSR count). The van der Waals surface area contributed by atoms with Gasteiger partial charge in [0.2, 0.25) is 0 Å². The average Bonchev–Trinajstić information content (AvgIpc) is 2.55. The minimum absolute atomic E-state index is 0.132. The van der Waals surface area contributed by atoms with E-state index >= 15 is 0 Å². The lowest BCUT2D eigenvalue weighted by Gasteiger charge is -2.31. The zero-order chi connectivity index (χ0) is 17.7. The molecule has 1 N–H and O–H groups in total. The predicted octanol–water partition coefficient (Wildman–Crippen LogP) is 0.0584. The Morgan fingerprint density at radius 2 is 2.04 bits per heavy atom. The highest BCUT2D eigenvalue weighted by Gasteiger charge is 2.32. The predicted molar refractivity (Wildman–Crippen MR) is 82.5 cm³/mol. The molecule has 10 nitrogen and oxygen atoms in total. The Labute approximate surface area is 138 Å². The number of nitrogens with zero attached hydrogens (tertiary/aromatic N) is 3. The number of hydrogen-bond acceptors (Lipinski definition) is 6. The van der Waals surface area contributed by atoms with E-state index in [0.717, 1.165) is 8.61 Å². The van der Waals surface area contributed by atoms with Crippen LogP contribution in [0.3, 0.4) is 0 Å². The number of morpholine rings is 1. The standard InChI is InChI=1S/C13H17N3O7S/c17-13(18)10-15(24(21,22)14-4-6-23-7-5-14)9-11-2-1-3-12(8-11)16(19)20/h1-3,8H,4-7,9-10H2,(H,17,18). The highest BCUT2D eigenvalue weighted by atomic mass is 32.2. The van der Waals surface area contributed by atoms with Crippen LogP contribution >= 0.6 is 0 Å². The summed E-state index contributed by atoms with van der Waals surface area (Å²) < 4.78 is 32.3. The summed E-state index contributed by atoms with van der Waals surface area (Å²) >= 11 is 0. The van der Waals surface area contributed by atoms with Gasteiger partial charge in [-0.05, 0) is 5.56 Å². The fourth-order valence-corrected chi connectivity index (χ4v) is 3.81. The van der Waals surface area contributed by atoms with Crippen LogP contribution in [0.25, 0.3) is 0 Å². The van der Waals surface area contributed by atoms with Gasteiger partial charge in [-0.15, -0.1) is 0 Å². The van der Waals surface area contributed by atoms with Crippen LogP contribution in [0, 0.1) is 10.1 Å². The van der Waals surface area contributed by atoms with Crippen LogP contribution in [0.4, 0.5) is 5.69 Å². The van der Waals surface area contributed by atoms with Crippen LogP contribution in [0.1, 0.15) is 5.56 Å². The number of benzene rings is 1. The molecule has 1 aliphatic heterocycles. The maximum atomic E-state index is 12.6. The first-order valence-corrected chi connectivity index (χ1v) is 8.48. The average molecular weight is 359 g/mol. The molecule has 0 saturated carbocycles. The zero-order valence-electron chi connectivity index (χ0n) is 12.7. The van der Waals surface area contributed by atoms with Gasteiger partial charge in [-0.2, -0.15) is 17.0 Å². The van der Waals surface area contributed by atoms with Gasteiger partial charge in [0.25, 0.3) is 15.9 Å². The molecule has 0 radical (unpaired) electrons. The van der Waals surface area contributed by atoms with Crippen LogP contribution in [-0.2, 0) is 26.3 Å². The second-order valence-electron chi connectivity index (χ2n) is 5.11. The van der Waals surface area contributed by atoms with Gasteiger partial charge in [-0.3, -0.25) is 14.9 Å². The van der Waals surface area contributed by atoms with Crippen molar-refractivity contribution in [2.45, 2.75) is 6.54 Å². The lowest BCUT2D eigenvalue weighted by atomic mass is 10.2. The Balaban J connectivity index is 2.26. The fourth-order valence-electron chi connectivity index (χ4n) is 2.28. The van der Waals surface area contributed by atoms with E-state index in [1.54, 1.807) is 0 Å². The molecule has 0 aromatic heterocycles. The lowest BCUT2D eigenvalue weighted by molar-refractivity contribution is -0.384. The summed E-state index contributed by atoms with van der Waals surface area (Å²) in [6.45, 7) is -0.273. The Morgan fingerprint density at radius 3 is 2.62 bits per heavy atom. The summed E-state index contributed by atoms with van der Waals surface area (Å²) in [6.07, 6.45) is 0. The molecule has 11 heteroatoms. The van der Waals surface area contributed by atoms with Crippen molar-refractivity contribution in [3.05, 3.63) is 39.9 Å². The normalized spacial score (nSPS) is 16.2. The third-order valence-corrected chi connectivity index (χ3v) is 5.34. The highest BCUT2D eigenvalue weighted by molar-refractivity contribution is 7.86. The molecule has 132 valence electrons. The molecule has 1 aliphatic rings. The van der Waals surface area contributed by atoms with E-state index < -0.39 is 27.6 Å². The van der Waals surface area contributed by atoms with Crippen molar-refractivity contribution in [3.8, 4) is 0 Å². The van der Waals surface area contributed by atoms with Crippen molar-refractivity contribution in [2.24, 2.45) is 0 Å². The van der Waals surface area contributed by atoms with Gasteiger partial charge in [-0.1, -0.05) is 12.1 Å². The molecule has 0 amide bonds. The SMILES string of the molecule is O=C(O)CN(Cc1cccc([N+](=O)[O-])c1)S(=O)(=O)N1CCOCC1. The van der Waals surface area contributed by atoms with Gasteiger partial charge in [0.05, 0.1) is 18.1 Å². The first kappa shape index (κ1) is 18.3. The van der Waals surface area contributed by atoms with Gasteiger partial charge in [0.15, 0.2) is 0 Å². The monoisotopic (exact) mass is 359 g/mol. The second-order valence-corrected chi connectivity index (χ2v) is 7.04. The van der Waals surface area contributed by atoms with Crippen LogP contribution in [0.2, 0.25) is 0 Å². The van der Waals surface area contributed by atoms with E-state index in [4.69, 9.17) is 9.84 Å². The Kier molecular flexibility index (Phi) is 5.83. The molecule has 0 unspecified atom stereocenters. The summed E-state index contributed by atoms with van der Waals surface area (Å²) in [7, 11) is -4.01. The van der Waals surface area contributed by atoms with E-state index in [1.165, 1.54) is 24.3 Å². The molecule has 1 aromatic carbocycles.